The third-order valence-electron chi connectivity index (χ3n) is 4.72. The lowest BCUT2D eigenvalue weighted by molar-refractivity contribution is 0.0994. The van der Waals surface area contributed by atoms with Crippen molar-refractivity contribution in [2.24, 2.45) is 10.2 Å². The molecule has 1 amide bonds. The standard InChI is InChI=1S/C23H19N3O2/c1-16-9-5-6-12-18(16)22(27)25-24-21-19-13-7-8-14-20(19)26(23(21)28)15-17-10-3-2-4-11-17/h2-14,28H,15H2,1H3. The Kier molecular flexibility index (Phi) is 4.72. The number of amides is 1. The van der Waals surface area contributed by atoms with Crippen LogP contribution in [0.5, 0.6) is 5.88 Å². The van der Waals surface area contributed by atoms with Crippen molar-refractivity contribution in [1.82, 2.24) is 4.57 Å². The summed E-state index contributed by atoms with van der Waals surface area (Å²) >= 11 is 0. The van der Waals surface area contributed by atoms with E-state index in [0.29, 0.717) is 17.8 Å². The average Bonchev–Trinajstić information content (AvgIpc) is 2.99. The zero-order chi connectivity index (χ0) is 19.5. The van der Waals surface area contributed by atoms with E-state index in [1.54, 1.807) is 16.7 Å². The molecule has 0 atom stereocenters. The quantitative estimate of drug-likeness (QED) is 0.474. The summed E-state index contributed by atoms with van der Waals surface area (Å²) in [5, 5.41) is 19.5. The third-order valence-corrected chi connectivity index (χ3v) is 4.72. The number of hydrogen-bond acceptors (Lipinski definition) is 3. The summed E-state index contributed by atoms with van der Waals surface area (Å²) in [6.45, 7) is 2.35. The third kappa shape index (κ3) is 3.30. The first-order valence-electron chi connectivity index (χ1n) is 9.01. The van der Waals surface area contributed by atoms with Crippen molar-refractivity contribution >= 4 is 22.5 Å². The topological polar surface area (TPSA) is 66.9 Å². The molecular formula is C23H19N3O2. The van der Waals surface area contributed by atoms with Crippen LogP contribution in [0.1, 0.15) is 21.5 Å². The summed E-state index contributed by atoms with van der Waals surface area (Å²) in [5.74, 6) is -0.441. The molecule has 0 spiro atoms. The molecule has 1 aromatic heterocycles. The first kappa shape index (κ1) is 17.7. The Morgan fingerprint density at radius 2 is 1.61 bits per heavy atom. The lowest BCUT2D eigenvalue weighted by Crippen LogP contribution is -1.98. The zero-order valence-corrected chi connectivity index (χ0v) is 15.4. The Morgan fingerprint density at radius 3 is 2.39 bits per heavy atom. The smallest absolute Gasteiger partial charge is 0.295 e. The van der Waals surface area contributed by atoms with Gasteiger partial charge in [0.25, 0.3) is 5.91 Å². The highest BCUT2D eigenvalue weighted by Gasteiger charge is 2.17. The minimum atomic E-state index is -0.433. The van der Waals surface area contributed by atoms with Crippen LogP contribution in [0, 0.1) is 6.92 Å². The number of aromatic nitrogens is 1. The summed E-state index contributed by atoms with van der Waals surface area (Å²) in [7, 11) is 0. The van der Waals surface area contributed by atoms with Crippen molar-refractivity contribution in [1.29, 1.82) is 0 Å². The molecule has 4 aromatic rings. The maximum Gasteiger partial charge on any atom is 0.295 e. The molecule has 1 N–H and O–H groups in total. The summed E-state index contributed by atoms with van der Waals surface area (Å²) in [4.78, 5) is 12.4. The summed E-state index contributed by atoms with van der Waals surface area (Å²) in [5.41, 5.74) is 3.52. The number of rotatable bonds is 4. The lowest BCUT2D eigenvalue weighted by atomic mass is 10.1. The van der Waals surface area contributed by atoms with Crippen molar-refractivity contribution in [3.05, 3.63) is 95.6 Å². The Labute approximate surface area is 162 Å². The first-order chi connectivity index (χ1) is 13.6. The van der Waals surface area contributed by atoms with E-state index in [9.17, 15) is 9.90 Å². The molecule has 1 heterocycles. The predicted molar refractivity (Wildman–Crippen MR) is 109 cm³/mol. The van der Waals surface area contributed by atoms with Gasteiger partial charge in [0.15, 0.2) is 5.69 Å². The molecule has 138 valence electrons. The van der Waals surface area contributed by atoms with Gasteiger partial charge in [-0.15, -0.1) is 10.2 Å². The highest BCUT2D eigenvalue weighted by molar-refractivity contribution is 5.98. The van der Waals surface area contributed by atoms with E-state index in [4.69, 9.17) is 0 Å². The van der Waals surface area contributed by atoms with Crippen LogP contribution in [0.25, 0.3) is 10.9 Å². The number of para-hydroxylation sites is 1. The van der Waals surface area contributed by atoms with Crippen LogP contribution in [-0.4, -0.2) is 15.6 Å². The van der Waals surface area contributed by atoms with Gasteiger partial charge < -0.3 is 9.67 Å². The SMILES string of the molecule is Cc1ccccc1C(=O)N=Nc1c(O)n(Cc2ccccc2)c2ccccc12. The second-order valence-corrected chi connectivity index (χ2v) is 6.58. The number of hydrogen-bond donors (Lipinski definition) is 1. The maximum absolute atomic E-state index is 12.4. The van der Waals surface area contributed by atoms with Gasteiger partial charge in [0.1, 0.15) is 0 Å². The lowest BCUT2D eigenvalue weighted by Gasteiger charge is -2.06. The number of carbonyl (C=O) groups excluding carboxylic acids is 1. The monoisotopic (exact) mass is 369 g/mol. The molecule has 3 aromatic carbocycles. The zero-order valence-electron chi connectivity index (χ0n) is 15.4. The van der Waals surface area contributed by atoms with E-state index in [0.717, 1.165) is 22.0 Å². The molecule has 0 aliphatic carbocycles. The van der Waals surface area contributed by atoms with Crippen molar-refractivity contribution in [3.63, 3.8) is 0 Å². The van der Waals surface area contributed by atoms with Gasteiger partial charge in [0, 0.05) is 10.9 Å². The molecule has 5 nitrogen and oxygen atoms in total. The molecule has 0 bridgehead atoms. The predicted octanol–water partition coefficient (Wildman–Crippen LogP) is 5.63. The number of benzene rings is 3. The van der Waals surface area contributed by atoms with Crippen LogP contribution in [0.3, 0.4) is 0 Å². The van der Waals surface area contributed by atoms with E-state index < -0.39 is 5.91 Å². The second kappa shape index (κ2) is 7.48. The Hall–Kier alpha value is -3.73. The van der Waals surface area contributed by atoms with Crippen LogP contribution < -0.4 is 0 Å². The Morgan fingerprint density at radius 1 is 0.929 bits per heavy atom. The highest BCUT2D eigenvalue weighted by atomic mass is 16.3. The van der Waals surface area contributed by atoms with Crippen molar-refractivity contribution in [3.8, 4) is 5.88 Å². The fourth-order valence-corrected chi connectivity index (χ4v) is 3.26. The summed E-state index contributed by atoms with van der Waals surface area (Å²) in [6.07, 6.45) is 0. The minimum Gasteiger partial charge on any atom is -0.493 e. The van der Waals surface area contributed by atoms with E-state index in [1.165, 1.54) is 0 Å². The highest BCUT2D eigenvalue weighted by Crippen LogP contribution is 2.39. The van der Waals surface area contributed by atoms with Gasteiger partial charge in [-0.2, -0.15) is 0 Å². The molecule has 0 fully saturated rings. The maximum atomic E-state index is 12.4. The van der Waals surface area contributed by atoms with Gasteiger partial charge in [0.05, 0.1) is 12.1 Å². The molecule has 0 saturated heterocycles. The van der Waals surface area contributed by atoms with Crippen LogP contribution in [0.4, 0.5) is 5.69 Å². The summed E-state index contributed by atoms with van der Waals surface area (Å²) in [6, 6.07) is 24.6. The molecule has 0 saturated carbocycles. The van der Waals surface area contributed by atoms with E-state index in [2.05, 4.69) is 10.2 Å². The van der Waals surface area contributed by atoms with Crippen molar-refractivity contribution < 1.29 is 9.90 Å². The van der Waals surface area contributed by atoms with Crippen molar-refractivity contribution in [2.45, 2.75) is 13.5 Å². The van der Waals surface area contributed by atoms with E-state index >= 15 is 0 Å². The Balaban J connectivity index is 1.74. The molecule has 28 heavy (non-hydrogen) atoms. The van der Waals surface area contributed by atoms with Crippen molar-refractivity contribution in [2.75, 3.05) is 0 Å². The fraction of sp³-hybridized carbons (Fsp3) is 0.0870. The molecule has 4 rings (SSSR count). The number of carbonyl (C=O) groups is 1. The number of fused-ring (bicyclic) bond motifs is 1. The van der Waals surface area contributed by atoms with Gasteiger partial charge in [-0.1, -0.05) is 66.7 Å². The van der Waals surface area contributed by atoms with Crippen LogP contribution in [-0.2, 0) is 6.54 Å². The number of aromatic hydroxyl groups is 1. The largest absolute Gasteiger partial charge is 0.493 e. The fourth-order valence-electron chi connectivity index (χ4n) is 3.26. The Bertz CT molecular complexity index is 1180. The van der Waals surface area contributed by atoms with Crippen LogP contribution in [0.15, 0.2) is 89.1 Å². The number of azo groups is 1. The minimum absolute atomic E-state index is 0.00798. The number of aryl methyl sites for hydroxylation is 1. The summed E-state index contributed by atoms with van der Waals surface area (Å²) < 4.78 is 1.78. The molecular weight excluding hydrogens is 350 g/mol. The van der Waals surface area contributed by atoms with E-state index in [-0.39, 0.29) is 5.88 Å². The molecule has 0 radical (unpaired) electrons. The van der Waals surface area contributed by atoms with Crippen LogP contribution >= 0.6 is 0 Å². The molecule has 0 aliphatic heterocycles. The molecule has 0 unspecified atom stereocenters. The van der Waals surface area contributed by atoms with Gasteiger partial charge >= 0.3 is 0 Å². The normalized spacial score (nSPS) is 11.3. The average molecular weight is 369 g/mol. The van der Waals surface area contributed by atoms with Gasteiger partial charge in [-0.25, -0.2) is 0 Å². The second-order valence-electron chi connectivity index (χ2n) is 6.58. The molecule has 0 aliphatic rings. The van der Waals surface area contributed by atoms with Gasteiger partial charge in [-0.3, -0.25) is 4.79 Å². The van der Waals surface area contributed by atoms with Gasteiger partial charge in [-0.05, 0) is 30.2 Å². The molecule has 5 heteroatoms. The van der Waals surface area contributed by atoms with Crippen LogP contribution in [0.2, 0.25) is 0 Å². The van der Waals surface area contributed by atoms with E-state index in [1.807, 2.05) is 73.7 Å². The van der Waals surface area contributed by atoms with Gasteiger partial charge in [0.2, 0.25) is 5.88 Å². The first-order valence-corrected chi connectivity index (χ1v) is 9.01. The number of nitrogens with zero attached hydrogens (tertiary/aromatic N) is 3.